The van der Waals surface area contributed by atoms with Gasteiger partial charge in [0.25, 0.3) is 5.91 Å². The van der Waals surface area contributed by atoms with E-state index in [1.54, 1.807) is 6.20 Å². The first kappa shape index (κ1) is 21.9. The largest absolute Gasteiger partial charge is 0.346 e. The molecule has 7 rings (SSSR count). The normalized spacial score (nSPS) is 31.7. The lowest BCUT2D eigenvalue weighted by molar-refractivity contribution is -0.114. The summed E-state index contributed by atoms with van der Waals surface area (Å²) < 4.78 is 2.01. The molecule has 4 saturated carbocycles. The molecule has 1 amide bonds. The molecular weight excluding hydrogens is 444 g/mol. The van der Waals surface area contributed by atoms with Crippen LogP contribution in [-0.4, -0.2) is 16.0 Å². The van der Waals surface area contributed by atoms with Gasteiger partial charge in [0, 0.05) is 28.7 Å². The van der Waals surface area contributed by atoms with E-state index in [1.165, 1.54) is 19.3 Å². The van der Waals surface area contributed by atoms with E-state index in [9.17, 15) is 9.59 Å². The number of para-hydroxylation sites is 1. The van der Waals surface area contributed by atoms with Crippen LogP contribution in [0.15, 0.2) is 59.5 Å². The highest BCUT2D eigenvalue weighted by Crippen LogP contribution is 2.66. The average Bonchev–Trinajstić information content (AvgIpc) is 2.74. The highest BCUT2D eigenvalue weighted by molar-refractivity contribution is 6.30. The zero-order chi connectivity index (χ0) is 23.7. The molecule has 0 aliphatic heterocycles. The SMILES string of the molecule is CC12CC3CC(C)(C1)CC(NC(=O)c1cn(Cc4ccc(Cl)cc4)c4ccccc4c1=O)(C3)C2. The smallest absolute Gasteiger partial charge is 0.257 e. The number of carbonyl (C=O) groups is 1. The number of nitrogens with one attached hydrogen (secondary N) is 1. The molecule has 5 heteroatoms. The maximum Gasteiger partial charge on any atom is 0.257 e. The molecule has 0 spiro atoms. The van der Waals surface area contributed by atoms with Crippen molar-refractivity contribution in [1.29, 1.82) is 0 Å². The summed E-state index contributed by atoms with van der Waals surface area (Å²) in [5.74, 6) is 0.444. The van der Waals surface area contributed by atoms with Gasteiger partial charge < -0.3 is 9.88 Å². The van der Waals surface area contributed by atoms with Gasteiger partial charge >= 0.3 is 0 Å². The van der Waals surface area contributed by atoms with Crippen LogP contribution in [-0.2, 0) is 6.54 Å². The second kappa shape index (κ2) is 7.45. The van der Waals surface area contributed by atoms with E-state index in [0.717, 1.165) is 30.3 Å². The first-order chi connectivity index (χ1) is 16.1. The molecule has 0 saturated heterocycles. The Morgan fingerprint density at radius 2 is 1.68 bits per heavy atom. The van der Waals surface area contributed by atoms with Gasteiger partial charge in [-0.2, -0.15) is 0 Å². The third-order valence-electron chi connectivity index (χ3n) is 8.50. The van der Waals surface area contributed by atoms with Crippen molar-refractivity contribution in [3.63, 3.8) is 0 Å². The van der Waals surface area contributed by atoms with Crippen LogP contribution in [0.2, 0.25) is 5.02 Å². The fourth-order valence-corrected chi connectivity index (χ4v) is 8.45. The number of benzene rings is 2. The Labute approximate surface area is 205 Å². The van der Waals surface area contributed by atoms with Gasteiger partial charge in [0.05, 0.1) is 5.52 Å². The van der Waals surface area contributed by atoms with Crippen molar-refractivity contribution in [3.05, 3.63) is 81.1 Å². The molecule has 4 aliphatic rings. The molecule has 4 nitrogen and oxygen atoms in total. The second-order valence-electron chi connectivity index (χ2n) is 12.0. The van der Waals surface area contributed by atoms with Crippen molar-refractivity contribution in [2.75, 3.05) is 0 Å². The fourth-order valence-electron chi connectivity index (χ4n) is 8.32. The molecule has 2 atom stereocenters. The van der Waals surface area contributed by atoms with Crippen LogP contribution in [0, 0.1) is 16.7 Å². The lowest BCUT2D eigenvalue weighted by Crippen LogP contribution is -2.65. The number of pyridine rings is 1. The Kier molecular flexibility index (Phi) is 4.80. The Morgan fingerprint density at radius 3 is 2.35 bits per heavy atom. The van der Waals surface area contributed by atoms with E-state index in [-0.39, 0.29) is 22.4 Å². The van der Waals surface area contributed by atoms with E-state index < -0.39 is 0 Å². The van der Waals surface area contributed by atoms with Crippen LogP contribution in [0.1, 0.15) is 68.3 Å². The summed E-state index contributed by atoms with van der Waals surface area (Å²) in [5.41, 5.74) is 2.32. The third-order valence-corrected chi connectivity index (χ3v) is 8.76. The Balaban J connectivity index is 1.38. The Bertz CT molecular complexity index is 1340. The summed E-state index contributed by atoms with van der Waals surface area (Å²) >= 11 is 6.06. The maximum absolute atomic E-state index is 13.7. The van der Waals surface area contributed by atoms with Gasteiger partial charge in [-0.15, -0.1) is 0 Å². The summed E-state index contributed by atoms with van der Waals surface area (Å²) in [4.78, 5) is 27.1. The van der Waals surface area contributed by atoms with Gasteiger partial charge in [0.1, 0.15) is 5.56 Å². The molecule has 1 N–H and O–H groups in total. The van der Waals surface area contributed by atoms with Crippen LogP contribution >= 0.6 is 11.6 Å². The number of hydrogen-bond acceptors (Lipinski definition) is 2. The van der Waals surface area contributed by atoms with Gasteiger partial charge in [-0.05, 0) is 85.1 Å². The van der Waals surface area contributed by atoms with E-state index in [0.29, 0.717) is 33.7 Å². The zero-order valence-corrected chi connectivity index (χ0v) is 20.6. The molecule has 2 aromatic carbocycles. The van der Waals surface area contributed by atoms with Crippen molar-refractivity contribution < 1.29 is 4.79 Å². The van der Waals surface area contributed by atoms with Gasteiger partial charge in [-0.1, -0.05) is 49.7 Å². The number of amides is 1. The molecule has 4 fully saturated rings. The zero-order valence-electron chi connectivity index (χ0n) is 19.9. The van der Waals surface area contributed by atoms with Crippen molar-refractivity contribution >= 4 is 28.4 Å². The number of rotatable bonds is 4. The molecule has 0 radical (unpaired) electrons. The molecular formula is C29H31ClN2O2. The van der Waals surface area contributed by atoms with E-state index >= 15 is 0 Å². The van der Waals surface area contributed by atoms with Crippen LogP contribution in [0.4, 0.5) is 0 Å². The lowest BCUT2D eigenvalue weighted by atomic mass is 9.43. The van der Waals surface area contributed by atoms with E-state index in [2.05, 4.69) is 19.2 Å². The number of nitrogens with zero attached hydrogens (tertiary/aromatic N) is 1. The predicted molar refractivity (Wildman–Crippen MR) is 136 cm³/mol. The summed E-state index contributed by atoms with van der Waals surface area (Å²) in [6.45, 7) is 5.35. The second-order valence-corrected chi connectivity index (χ2v) is 12.4. The standard InChI is InChI=1S/C29H31ClN2O2/c1-27-11-20-12-28(2,16-27)18-29(13-20,17-27)31-26(34)23-15-32(14-19-7-9-21(30)10-8-19)24-6-4-3-5-22(24)25(23)33/h3-10,15,20H,11-14,16-18H2,1-2H3,(H,31,34). The summed E-state index contributed by atoms with van der Waals surface area (Å²) in [6, 6.07) is 15.2. The highest BCUT2D eigenvalue weighted by atomic mass is 35.5. The Hall–Kier alpha value is -2.59. The van der Waals surface area contributed by atoms with Gasteiger partial charge in [0.2, 0.25) is 5.43 Å². The lowest BCUT2D eigenvalue weighted by Gasteiger charge is -2.65. The number of aromatic nitrogens is 1. The monoisotopic (exact) mass is 474 g/mol. The number of halogens is 1. The first-order valence-corrected chi connectivity index (χ1v) is 12.7. The summed E-state index contributed by atoms with van der Waals surface area (Å²) in [6.07, 6.45) is 8.61. The van der Waals surface area contributed by atoms with Crippen molar-refractivity contribution in [2.45, 2.75) is 64.5 Å². The van der Waals surface area contributed by atoms with Crippen LogP contribution in [0.3, 0.4) is 0 Å². The average molecular weight is 475 g/mol. The molecule has 3 aromatic rings. The first-order valence-electron chi connectivity index (χ1n) is 12.3. The van der Waals surface area contributed by atoms with Gasteiger partial charge in [-0.25, -0.2) is 0 Å². The van der Waals surface area contributed by atoms with Crippen molar-refractivity contribution in [3.8, 4) is 0 Å². The highest BCUT2D eigenvalue weighted by Gasteiger charge is 2.60. The van der Waals surface area contributed by atoms with Crippen LogP contribution < -0.4 is 10.7 Å². The van der Waals surface area contributed by atoms with Crippen LogP contribution in [0.25, 0.3) is 10.9 Å². The van der Waals surface area contributed by atoms with Crippen molar-refractivity contribution in [2.24, 2.45) is 16.7 Å². The van der Waals surface area contributed by atoms with Gasteiger partial charge in [-0.3, -0.25) is 9.59 Å². The fraction of sp³-hybridized carbons (Fsp3) is 0.448. The minimum absolute atomic E-state index is 0.192. The van der Waals surface area contributed by atoms with Crippen LogP contribution in [0.5, 0.6) is 0 Å². The third kappa shape index (κ3) is 3.67. The number of fused-ring (bicyclic) bond motifs is 1. The van der Waals surface area contributed by atoms with Gasteiger partial charge in [0.15, 0.2) is 0 Å². The molecule has 34 heavy (non-hydrogen) atoms. The number of hydrogen-bond donors (Lipinski definition) is 1. The quantitative estimate of drug-likeness (QED) is 0.490. The van der Waals surface area contributed by atoms with Crippen molar-refractivity contribution in [1.82, 2.24) is 9.88 Å². The number of carbonyl (C=O) groups excluding carboxylic acids is 1. The Morgan fingerprint density at radius 1 is 1.00 bits per heavy atom. The molecule has 4 aliphatic carbocycles. The topological polar surface area (TPSA) is 51.1 Å². The minimum Gasteiger partial charge on any atom is -0.346 e. The molecule has 176 valence electrons. The summed E-state index contributed by atoms with van der Waals surface area (Å²) in [5, 5.41) is 4.69. The summed E-state index contributed by atoms with van der Waals surface area (Å²) in [7, 11) is 0. The molecule has 1 heterocycles. The molecule has 4 bridgehead atoms. The minimum atomic E-state index is -0.227. The van der Waals surface area contributed by atoms with E-state index in [1.807, 2.05) is 53.1 Å². The molecule has 2 unspecified atom stereocenters. The maximum atomic E-state index is 13.7. The predicted octanol–water partition coefficient (Wildman–Crippen LogP) is 6.18. The van der Waals surface area contributed by atoms with E-state index in [4.69, 9.17) is 11.6 Å². The molecule has 1 aromatic heterocycles.